The molecule has 0 spiro atoms. The third kappa shape index (κ3) is 3.70. The Hall–Kier alpha value is -1.09. The highest BCUT2D eigenvalue weighted by Gasteiger charge is 1.98. The Labute approximate surface area is 120 Å². The first kappa shape index (κ1) is 13.3. The van der Waals surface area contributed by atoms with Crippen LogP contribution in [0.1, 0.15) is 17.1 Å². The Bertz CT molecular complexity index is 515. The third-order valence-electron chi connectivity index (χ3n) is 2.15. The molecule has 0 N–H and O–H groups in total. The Morgan fingerprint density at radius 1 is 0.889 bits per heavy atom. The van der Waals surface area contributed by atoms with Crippen LogP contribution >= 0.6 is 34.8 Å². The molecule has 92 valence electrons. The normalized spacial score (nSPS) is 11.1. The lowest BCUT2D eigenvalue weighted by atomic mass is 10.2. The summed E-state index contributed by atoms with van der Waals surface area (Å²) in [6.45, 7) is 1.86. The van der Waals surface area contributed by atoms with Gasteiger partial charge in [-0.3, -0.25) is 0 Å². The minimum Gasteiger partial charge on any atom is -0.234 e. The molecule has 0 fully saturated rings. The predicted molar refractivity (Wildman–Crippen MR) is 77.2 cm³/mol. The van der Waals surface area contributed by atoms with E-state index in [9.17, 15) is 0 Å². The molecule has 0 saturated heterocycles. The number of hydrogen-bond donors (Lipinski definition) is 0. The van der Waals surface area contributed by atoms with Crippen LogP contribution in [0.15, 0.2) is 24.3 Å². The van der Waals surface area contributed by atoms with Crippen molar-refractivity contribution in [1.29, 1.82) is 0 Å². The first-order chi connectivity index (χ1) is 8.52. The monoisotopic (exact) mass is 298 g/mol. The fourth-order valence-corrected chi connectivity index (χ4v) is 2.26. The molecule has 0 atom stereocenters. The minimum atomic E-state index is 0.422. The topological polar surface area (TPSA) is 25.8 Å². The second kappa shape index (κ2) is 5.70. The van der Waals surface area contributed by atoms with Gasteiger partial charge in [0, 0.05) is 15.7 Å². The lowest BCUT2D eigenvalue weighted by molar-refractivity contribution is 1.08. The van der Waals surface area contributed by atoms with Crippen molar-refractivity contribution >= 4 is 47.0 Å². The molecule has 0 radical (unpaired) electrons. The van der Waals surface area contributed by atoms with Crippen LogP contribution in [0.3, 0.4) is 0 Å². The molecular formula is C13H9Cl3N2. The number of aryl methyl sites for hydroxylation is 1. The van der Waals surface area contributed by atoms with Crippen molar-refractivity contribution < 1.29 is 0 Å². The fraction of sp³-hybridized carbons (Fsp3) is 0.0769. The van der Waals surface area contributed by atoms with Crippen LogP contribution in [0.4, 0.5) is 0 Å². The Kier molecular flexibility index (Phi) is 4.23. The molecule has 0 unspecified atom stereocenters. The van der Waals surface area contributed by atoms with Crippen LogP contribution in [0.5, 0.6) is 0 Å². The van der Waals surface area contributed by atoms with Crippen molar-refractivity contribution in [3.05, 3.63) is 56.5 Å². The molecule has 18 heavy (non-hydrogen) atoms. The van der Waals surface area contributed by atoms with Crippen LogP contribution < -0.4 is 0 Å². The van der Waals surface area contributed by atoms with Crippen molar-refractivity contribution in [2.75, 3.05) is 0 Å². The van der Waals surface area contributed by atoms with E-state index in [4.69, 9.17) is 34.8 Å². The van der Waals surface area contributed by atoms with Gasteiger partial charge in [0.15, 0.2) is 5.82 Å². The van der Waals surface area contributed by atoms with Gasteiger partial charge in [-0.2, -0.15) is 0 Å². The largest absolute Gasteiger partial charge is 0.234 e. The summed E-state index contributed by atoms with van der Waals surface area (Å²) in [5.41, 5.74) is 1.70. The summed E-state index contributed by atoms with van der Waals surface area (Å²) in [7, 11) is 0. The lowest BCUT2D eigenvalue weighted by Crippen LogP contribution is -1.90. The quantitative estimate of drug-likeness (QED) is 0.736. The Morgan fingerprint density at radius 3 is 2.17 bits per heavy atom. The van der Waals surface area contributed by atoms with Gasteiger partial charge in [-0.25, -0.2) is 9.97 Å². The highest BCUT2D eigenvalue weighted by molar-refractivity contribution is 6.34. The molecule has 0 aliphatic rings. The SMILES string of the molecule is Cc1cc(Cl)nc(/C=C/c2cc(Cl)cc(Cl)c2)n1. The summed E-state index contributed by atoms with van der Waals surface area (Å²) in [4.78, 5) is 8.34. The summed E-state index contributed by atoms with van der Waals surface area (Å²) < 4.78 is 0. The van der Waals surface area contributed by atoms with Gasteiger partial charge < -0.3 is 0 Å². The summed E-state index contributed by atoms with van der Waals surface area (Å²) in [5.74, 6) is 0.552. The van der Waals surface area contributed by atoms with Crippen LogP contribution in [0.25, 0.3) is 12.2 Å². The van der Waals surface area contributed by atoms with Crippen molar-refractivity contribution in [3.8, 4) is 0 Å². The molecule has 1 aromatic carbocycles. The van der Waals surface area contributed by atoms with Gasteiger partial charge in [-0.1, -0.05) is 40.9 Å². The van der Waals surface area contributed by atoms with E-state index in [1.807, 2.05) is 13.0 Å². The summed E-state index contributed by atoms with van der Waals surface area (Å²) in [6.07, 6.45) is 3.60. The highest BCUT2D eigenvalue weighted by Crippen LogP contribution is 2.20. The average molecular weight is 300 g/mol. The third-order valence-corrected chi connectivity index (χ3v) is 2.78. The van der Waals surface area contributed by atoms with Crippen LogP contribution in [-0.2, 0) is 0 Å². The van der Waals surface area contributed by atoms with E-state index in [2.05, 4.69) is 9.97 Å². The van der Waals surface area contributed by atoms with Gasteiger partial charge >= 0.3 is 0 Å². The molecule has 2 rings (SSSR count). The molecule has 2 nitrogen and oxygen atoms in total. The van der Waals surface area contributed by atoms with Gasteiger partial charge in [0.25, 0.3) is 0 Å². The minimum absolute atomic E-state index is 0.422. The molecule has 5 heteroatoms. The zero-order valence-electron chi connectivity index (χ0n) is 9.49. The maximum Gasteiger partial charge on any atom is 0.153 e. The van der Waals surface area contributed by atoms with Crippen molar-refractivity contribution in [2.24, 2.45) is 0 Å². The maximum absolute atomic E-state index is 5.91. The molecule has 0 saturated carbocycles. The number of aromatic nitrogens is 2. The van der Waals surface area contributed by atoms with E-state index >= 15 is 0 Å². The molecule has 0 amide bonds. The number of hydrogen-bond acceptors (Lipinski definition) is 2. The standard InChI is InChI=1S/C13H9Cl3N2/c1-8-4-12(16)18-13(17-8)3-2-9-5-10(14)7-11(15)6-9/h2-7H,1H3/b3-2+. The van der Waals surface area contributed by atoms with Crippen LogP contribution in [0, 0.1) is 6.92 Å². The smallest absolute Gasteiger partial charge is 0.153 e. The Balaban J connectivity index is 2.29. The van der Waals surface area contributed by atoms with Gasteiger partial charge in [-0.15, -0.1) is 0 Å². The van der Waals surface area contributed by atoms with E-state index in [0.29, 0.717) is 21.0 Å². The van der Waals surface area contributed by atoms with Crippen molar-refractivity contribution in [1.82, 2.24) is 9.97 Å². The average Bonchev–Trinajstić information content (AvgIpc) is 2.23. The van der Waals surface area contributed by atoms with Crippen molar-refractivity contribution in [3.63, 3.8) is 0 Å². The molecule has 2 aromatic rings. The van der Waals surface area contributed by atoms with Crippen LogP contribution in [0.2, 0.25) is 15.2 Å². The molecular weight excluding hydrogens is 291 g/mol. The number of rotatable bonds is 2. The summed E-state index contributed by atoms with van der Waals surface area (Å²) in [6, 6.07) is 7.00. The van der Waals surface area contributed by atoms with E-state index in [1.165, 1.54) is 0 Å². The maximum atomic E-state index is 5.91. The van der Waals surface area contributed by atoms with Gasteiger partial charge in [0.1, 0.15) is 5.15 Å². The van der Waals surface area contributed by atoms with Gasteiger partial charge in [0.2, 0.25) is 0 Å². The van der Waals surface area contributed by atoms with Crippen LogP contribution in [-0.4, -0.2) is 9.97 Å². The first-order valence-corrected chi connectivity index (χ1v) is 6.32. The number of nitrogens with zero attached hydrogens (tertiary/aromatic N) is 2. The van der Waals surface area contributed by atoms with Crippen molar-refractivity contribution in [2.45, 2.75) is 6.92 Å². The zero-order chi connectivity index (χ0) is 13.1. The second-order valence-corrected chi connectivity index (χ2v) is 4.99. The second-order valence-electron chi connectivity index (χ2n) is 3.73. The fourth-order valence-electron chi connectivity index (χ4n) is 1.47. The summed E-state index contributed by atoms with van der Waals surface area (Å²) >= 11 is 17.7. The number of halogens is 3. The Morgan fingerprint density at radius 2 is 1.56 bits per heavy atom. The molecule has 0 aliphatic heterocycles. The zero-order valence-corrected chi connectivity index (χ0v) is 11.8. The first-order valence-electron chi connectivity index (χ1n) is 5.18. The van der Waals surface area contributed by atoms with Gasteiger partial charge in [0.05, 0.1) is 0 Å². The molecule has 1 aromatic heterocycles. The van der Waals surface area contributed by atoms with E-state index in [-0.39, 0.29) is 0 Å². The molecule has 1 heterocycles. The summed E-state index contributed by atoms with van der Waals surface area (Å²) in [5, 5.41) is 1.60. The number of benzene rings is 1. The highest BCUT2D eigenvalue weighted by atomic mass is 35.5. The van der Waals surface area contributed by atoms with E-state index in [0.717, 1.165) is 11.3 Å². The van der Waals surface area contributed by atoms with E-state index in [1.54, 1.807) is 30.3 Å². The molecule has 0 aliphatic carbocycles. The molecule has 0 bridgehead atoms. The predicted octanol–water partition coefficient (Wildman–Crippen LogP) is 4.92. The van der Waals surface area contributed by atoms with E-state index < -0.39 is 0 Å². The van der Waals surface area contributed by atoms with Gasteiger partial charge in [-0.05, 0) is 42.8 Å². The lowest BCUT2D eigenvalue weighted by Gasteiger charge is -1.98.